The maximum Gasteiger partial charge on any atom is 0.231 e. The van der Waals surface area contributed by atoms with Crippen LogP contribution >= 0.6 is 0 Å². The van der Waals surface area contributed by atoms with Crippen molar-refractivity contribution in [1.29, 1.82) is 5.26 Å². The highest BCUT2D eigenvalue weighted by Crippen LogP contribution is 2.58. The predicted octanol–water partition coefficient (Wildman–Crippen LogP) is 3.04. The second-order valence-electron chi connectivity index (χ2n) is 10.6. The van der Waals surface area contributed by atoms with E-state index in [1.807, 2.05) is 13.8 Å². The van der Waals surface area contributed by atoms with E-state index in [9.17, 15) is 10.4 Å². The minimum absolute atomic E-state index is 0.0660. The maximum absolute atomic E-state index is 11.5. The number of phenols is 1. The lowest BCUT2D eigenvalue weighted by Gasteiger charge is -2.60. The standard InChI is InChI=1S/C29H34N4O5/c1-6-7-36-27-15(3)28-29(38-13-37-28)23-17(27)10-19-24-22-16(8-14(2)26(35-5)25(22)34)9-18(32(24)4)20(11-30)33(19)21(23)12-31/h6,8,18-21,24,34H,1,7,9-10,12-13,31H2,2-5H3/t18-,19?,20-,21-,24-/m0/s1. The highest BCUT2D eigenvalue weighted by atomic mass is 16.7. The first-order valence-corrected chi connectivity index (χ1v) is 13.0. The van der Waals surface area contributed by atoms with E-state index in [1.165, 1.54) is 0 Å². The molecule has 0 amide bonds. The van der Waals surface area contributed by atoms with Gasteiger partial charge in [0.15, 0.2) is 23.0 Å². The fourth-order valence-corrected chi connectivity index (χ4v) is 7.40. The van der Waals surface area contributed by atoms with Crippen LogP contribution < -0.4 is 24.7 Å². The minimum Gasteiger partial charge on any atom is -0.504 e. The summed E-state index contributed by atoms with van der Waals surface area (Å²) < 4.78 is 23.8. The largest absolute Gasteiger partial charge is 0.504 e. The van der Waals surface area contributed by atoms with Crippen LogP contribution in [0.3, 0.4) is 0 Å². The second-order valence-corrected chi connectivity index (χ2v) is 10.6. The van der Waals surface area contributed by atoms with Crippen LogP contribution in [-0.4, -0.2) is 67.1 Å². The lowest BCUT2D eigenvalue weighted by Crippen LogP contribution is -2.68. The number of likely N-dealkylation sites (N-methyl/N-ethyl adjacent to an activating group) is 1. The molecule has 1 unspecified atom stereocenters. The first kappa shape index (κ1) is 24.9. The summed E-state index contributed by atoms with van der Waals surface area (Å²) in [5.41, 5.74) is 12.2. The van der Waals surface area contributed by atoms with Crippen LogP contribution in [0.4, 0.5) is 0 Å². The fraction of sp³-hybridized carbons (Fsp3) is 0.483. The van der Waals surface area contributed by atoms with Crippen LogP contribution in [0, 0.1) is 25.2 Å². The van der Waals surface area contributed by atoms with Crippen LogP contribution in [0.25, 0.3) is 0 Å². The molecule has 0 saturated carbocycles. The number of nitriles is 1. The zero-order chi connectivity index (χ0) is 26.9. The van der Waals surface area contributed by atoms with Gasteiger partial charge in [0, 0.05) is 40.9 Å². The van der Waals surface area contributed by atoms with E-state index in [1.54, 1.807) is 13.2 Å². The van der Waals surface area contributed by atoms with Gasteiger partial charge in [0.1, 0.15) is 18.4 Å². The topological polar surface area (TPSA) is 113 Å². The Hall–Kier alpha value is -3.45. The summed E-state index contributed by atoms with van der Waals surface area (Å²) in [6.45, 7) is 8.52. The molecule has 3 N–H and O–H groups in total. The third-order valence-electron chi connectivity index (χ3n) is 8.83. The molecule has 2 bridgehead atoms. The molecule has 2 aromatic carbocycles. The molecule has 0 spiro atoms. The van der Waals surface area contributed by atoms with Gasteiger partial charge in [-0.15, -0.1) is 0 Å². The van der Waals surface area contributed by atoms with Crippen LogP contribution in [0.15, 0.2) is 18.7 Å². The van der Waals surface area contributed by atoms with Gasteiger partial charge in [-0.3, -0.25) is 9.80 Å². The van der Waals surface area contributed by atoms with E-state index in [0.29, 0.717) is 43.2 Å². The number of piperazine rings is 1. The number of aryl methyl sites for hydroxylation is 1. The van der Waals surface area contributed by atoms with E-state index in [4.69, 9.17) is 24.7 Å². The van der Waals surface area contributed by atoms with Crippen molar-refractivity contribution in [2.45, 2.75) is 56.9 Å². The average molecular weight is 519 g/mol. The van der Waals surface area contributed by atoms with Crippen molar-refractivity contribution < 1.29 is 24.1 Å². The number of hydrogen-bond donors (Lipinski definition) is 2. The van der Waals surface area contributed by atoms with Crippen molar-refractivity contribution >= 4 is 0 Å². The zero-order valence-corrected chi connectivity index (χ0v) is 22.3. The third kappa shape index (κ3) is 3.20. The summed E-state index contributed by atoms with van der Waals surface area (Å²) in [4.78, 5) is 4.52. The summed E-state index contributed by atoms with van der Waals surface area (Å²) in [6.07, 6.45) is 2.96. The van der Waals surface area contributed by atoms with Crippen molar-refractivity contribution in [3.05, 3.63) is 52.1 Å². The second kappa shape index (κ2) is 9.09. The number of hydrogen-bond acceptors (Lipinski definition) is 9. The summed E-state index contributed by atoms with van der Waals surface area (Å²) in [5.74, 6) is 2.78. The Morgan fingerprint density at radius 2 is 1.97 bits per heavy atom. The molecule has 4 heterocycles. The lowest BCUT2D eigenvalue weighted by molar-refractivity contribution is -0.0710. The van der Waals surface area contributed by atoms with Gasteiger partial charge in [-0.25, -0.2) is 0 Å². The number of aromatic hydroxyl groups is 1. The first-order valence-electron chi connectivity index (χ1n) is 13.0. The number of nitrogens with zero attached hydrogens (tertiary/aromatic N) is 3. The Morgan fingerprint density at radius 3 is 2.66 bits per heavy atom. The van der Waals surface area contributed by atoms with Crippen LogP contribution in [0.5, 0.6) is 28.7 Å². The monoisotopic (exact) mass is 518 g/mol. The molecule has 200 valence electrons. The molecule has 38 heavy (non-hydrogen) atoms. The summed E-state index contributed by atoms with van der Waals surface area (Å²) in [7, 11) is 3.64. The SMILES string of the molecule is C=CCOc1c(C)c2c(c3c1CC1[C@H]4c5c(cc(C)c(OC)c5O)C[C@@H]([C@H](C#N)N1[C@H]3CN)N4C)OCO2. The van der Waals surface area contributed by atoms with Gasteiger partial charge in [-0.2, -0.15) is 5.26 Å². The molecule has 6 rings (SSSR count). The van der Waals surface area contributed by atoms with Gasteiger partial charge in [-0.1, -0.05) is 18.7 Å². The van der Waals surface area contributed by atoms with Crippen molar-refractivity contribution in [2.24, 2.45) is 5.73 Å². The van der Waals surface area contributed by atoms with Gasteiger partial charge in [-0.05, 0) is 44.9 Å². The molecule has 1 saturated heterocycles. The van der Waals surface area contributed by atoms with E-state index >= 15 is 0 Å². The van der Waals surface area contributed by atoms with E-state index < -0.39 is 6.04 Å². The van der Waals surface area contributed by atoms with E-state index in [0.717, 1.165) is 39.1 Å². The van der Waals surface area contributed by atoms with Crippen molar-refractivity contribution in [1.82, 2.24) is 9.80 Å². The third-order valence-corrected chi connectivity index (χ3v) is 8.83. The fourth-order valence-electron chi connectivity index (χ4n) is 7.40. The number of phenolic OH excluding ortho intramolecular Hbond substituents is 1. The normalized spacial score (nSPS) is 27.1. The minimum atomic E-state index is -0.405. The summed E-state index contributed by atoms with van der Waals surface area (Å²) >= 11 is 0. The van der Waals surface area contributed by atoms with E-state index in [2.05, 4.69) is 35.6 Å². The predicted molar refractivity (Wildman–Crippen MR) is 141 cm³/mol. The van der Waals surface area contributed by atoms with Crippen LogP contribution in [-0.2, 0) is 12.8 Å². The Morgan fingerprint density at radius 1 is 1.21 bits per heavy atom. The Bertz CT molecular complexity index is 1370. The number of methoxy groups -OCH3 is 1. The molecule has 9 nitrogen and oxygen atoms in total. The molecular formula is C29H34N4O5. The van der Waals surface area contributed by atoms with Gasteiger partial charge >= 0.3 is 0 Å². The number of benzene rings is 2. The summed E-state index contributed by atoms with van der Waals surface area (Å²) in [6, 6.07) is 3.64. The van der Waals surface area contributed by atoms with Crippen LogP contribution in [0.2, 0.25) is 0 Å². The smallest absolute Gasteiger partial charge is 0.231 e. The molecule has 4 aliphatic rings. The number of nitrogens with two attached hydrogens (primary N) is 1. The highest BCUT2D eigenvalue weighted by molar-refractivity contribution is 5.66. The molecule has 1 fully saturated rings. The molecule has 4 aliphatic heterocycles. The van der Waals surface area contributed by atoms with Gasteiger partial charge in [0.2, 0.25) is 6.79 Å². The molecule has 0 aliphatic carbocycles. The molecule has 9 heteroatoms. The number of ether oxygens (including phenoxy) is 4. The van der Waals surface area contributed by atoms with Gasteiger partial charge in [0.25, 0.3) is 0 Å². The van der Waals surface area contributed by atoms with Gasteiger partial charge < -0.3 is 29.8 Å². The quantitative estimate of drug-likeness (QED) is 0.577. The Labute approximate surface area is 222 Å². The number of rotatable bonds is 5. The zero-order valence-electron chi connectivity index (χ0n) is 22.3. The summed E-state index contributed by atoms with van der Waals surface area (Å²) in [5, 5.41) is 22.0. The molecule has 2 aromatic rings. The first-order chi connectivity index (χ1) is 18.4. The van der Waals surface area contributed by atoms with Crippen molar-refractivity contribution in [3.63, 3.8) is 0 Å². The maximum atomic E-state index is 11.5. The van der Waals surface area contributed by atoms with Crippen molar-refractivity contribution in [3.8, 4) is 34.8 Å². The lowest BCUT2D eigenvalue weighted by atomic mass is 9.71. The Kier molecular flexibility index (Phi) is 5.94. The van der Waals surface area contributed by atoms with Crippen molar-refractivity contribution in [2.75, 3.05) is 34.1 Å². The molecule has 5 atom stereocenters. The highest BCUT2D eigenvalue weighted by Gasteiger charge is 2.56. The molecule has 0 aromatic heterocycles. The number of fused-ring (bicyclic) bond motifs is 9. The average Bonchev–Trinajstić information content (AvgIpc) is 3.39. The van der Waals surface area contributed by atoms with E-state index in [-0.39, 0.29) is 36.7 Å². The Balaban J connectivity index is 1.60. The molecule has 0 radical (unpaired) electrons. The van der Waals surface area contributed by atoms with Gasteiger partial charge in [0.05, 0.1) is 25.3 Å². The van der Waals surface area contributed by atoms with Crippen LogP contribution in [0.1, 0.15) is 45.5 Å². The molecular weight excluding hydrogens is 484 g/mol.